The van der Waals surface area contributed by atoms with E-state index in [2.05, 4.69) is 5.32 Å². The Hall–Kier alpha value is 0.260. The molecule has 2 fully saturated rings. The van der Waals surface area contributed by atoms with Crippen molar-refractivity contribution in [1.29, 1.82) is 0 Å². The first kappa shape index (κ1) is 10.8. The van der Waals surface area contributed by atoms with Crippen LogP contribution in [0.15, 0.2) is 0 Å². The van der Waals surface area contributed by atoms with Gasteiger partial charge in [0.1, 0.15) is 0 Å². The molecular formula is C9H17NO2S2. The second kappa shape index (κ2) is 4.41. The summed E-state index contributed by atoms with van der Waals surface area (Å²) in [7, 11) is -2.74. The molecule has 0 aromatic carbocycles. The SMILES string of the molecule is O=S1(=O)CCCC(NC2CCSC2)C1. The molecule has 0 saturated carbocycles. The summed E-state index contributed by atoms with van der Waals surface area (Å²) in [6.45, 7) is 0. The fourth-order valence-electron chi connectivity index (χ4n) is 2.15. The minimum atomic E-state index is -2.74. The van der Waals surface area contributed by atoms with Gasteiger partial charge in [-0.25, -0.2) is 8.42 Å². The molecule has 2 rings (SSSR count). The molecule has 14 heavy (non-hydrogen) atoms. The van der Waals surface area contributed by atoms with Gasteiger partial charge in [0.2, 0.25) is 0 Å². The van der Waals surface area contributed by atoms with Crippen LogP contribution in [0.25, 0.3) is 0 Å². The Kier molecular flexibility index (Phi) is 3.39. The zero-order chi connectivity index (χ0) is 10.0. The highest BCUT2D eigenvalue weighted by Crippen LogP contribution is 2.20. The van der Waals surface area contributed by atoms with Crippen LogP contribution in [0, 0.1) is 0 Å². The molecule has 2 aliphatic rings. The molecule has 0 aliphatic carbocycles. The zero-order valence-corrected chi connectivity index (χ0v) is 9.87. The summed E-state index contributed by atoms with van der Waals surface area (Å²) >= 11 is 1.96. The summed E-state index contributed by atoms with van der Waals surface area (Å²) in [6, 6.07) is 0.774. The predicted molar refractivity (Wildman–Crippen MR) is 60.5 cm³/mol. The highest BCUT2D eigenvalue weighted by Gasteiger charge is 2.27. The summed E-state index contributed by atoms with van der Waals surface area (Å²) < 4.78 is 22.8. The number of hydrogen-bond acceptors (Lipinski definition) is 4. The Morgan fingerprint density at radius 2 is 2.07 bits per heavy atom. The van der Waals surface area contributed by atoms with Crippen molar-refractivity contribution < 1.29 is 8.42 Å². The van der Waals surface area contributed by atoms with E-state index in [-0.39, 0.29) is 6.04 Å². The monoisotopic (exact) mass is 235 g/mol. The largest absolute Gasteiger partial charge is 0.309 e. The maximum absolute atomic E-state index is 11.4. The molecule has 0 spiro atoms. The molecule has 2 saturated heterocycles. The average Bonchev–Trinajstić information content (AvgIpc) is 2.54. The van der Waals surface area contributed by atoms with E-state index in [1.54, 1.807) is 0 Å². The van der Waals surface area contributed by atoms with Gasteiger partial charge in [-0.1, -0.05) is 0 Å². The maximum Gasteiger partial charge on any atom is 0.151 e. The second-order valence-electron chi connectivity index (χ2n) is 4.18. The van der Waals surface area contributed by atoms with Crippen LogP contribution in [-0.4, -0.2) is 43.5 Å². The average molecular weight is 235 g/mol. The van der Waals surface area contributed by atoms with Gasteiger partial charge in [-0.3, -0.25) is 0 Å². The van der Waals surface area contributed by atoms with Crippen LogP contribution in [-0.2, 0) is 9.84 Å². The lowest BCUT2D eigenvalue weighted by Gasteiger charge is -2.25. The Bertz CT molecular complexity index is 283. The molecule has 0 aromatic rings. The van der Waals surface area contributed by atoms with E-state index >= 15 is 0 Å². The highest BCUT2D eigenvalue weighted by atomic mass is 32.2. The number of rotatable bonds is 2. The third kappa shape index (κ3) is 2.87. The first-order valence-electron chi connectivity index (χ1n) is 5.20. The summed E-state index contributed by atoms with van der Waals surface area (Å²) in [5, 5.41) is 3.47. The van der Waals surface area contributed by atoms with Gasteiger partial charge in [-0.2, -0.15) is 11.8 Å². The predicted octanol–water partition coefficient (Wildman–Crippen LogP) is 0.659. The summed E-state index contributed by atoms with van der Waals surface area (Å²) in [6.07, 6.45) is 3.06. The molecule has 2 unspecified atom stereocenters. The second-order valence-corrected chi connectivity index (χ2v) is 7.56. The Morgan fingerprint density at radius 1 is 1.21 bits per heavy atom. The van der Waals surface area contributed by atoms with Crippen LogP contribution in [0.4, 0.5) is 0 Å². The van der Waals surface area contributed by atoms with Crippen molar-refractivity contribution in [2.45, 2.75) is 31.3 Å². The van der Waals surface area contributed by atoms with Crippen molar-refractivity contribution in [2.75, 3.05) is 23.0 Å². The van der Waals surface area contributed by atoms with E-state index in [1.165, 1.54) is 12.2 Å². The number of nitrogens with one attached hydrogen (secondary N) is 1. The summed E-state index contributed by atoms with van der Waals surface area (Å²) in [5.41, 5.74) is 0. The van der Waals surface area contributed by atoms with Crippen LogP contribution >= 0.6 is 11.8 Å². The van der Waals surface area contributed by atoms with Crippen molar-refractivity contribution in [3.63, 3.8) is 0 Å². The molecule has 0 aromatic heterocycles. The standard InChI is InChI=1S/C9H17NO2S2/c11-14(12)5-1-2-9(7-14)10-8-3-4-13-6-8/h8-10H,1-7H2. The van der Waals surface area contributed by atoms with E-state index < -0.39 is 9.84 Å². The van der Waals surface area contributed by atoms with Crippen molar-refractivity contribution in [3.05, 3.63) is 0 Å². The van der Waals surface area contributed by atoms with Gasteiger partial charge in [-0.05, 0) is 25.0 Å². The third-order valence-electron chi connectivity index (χ3n) is 2.86. The molecule has 2 atom stereocenters. The summed E-state index contributed by atoms with van der Waals surface area (Å²) in [5.74, 6) is 3.12. The topological polar surface area (TPSA) is 46.2 Å². The van der Waals surface area contributed by atoms with Gasteiger partial charge in [0.25, 0.3) is 0 Å². The number of thioether (sulfide) groups is 1. The third-order valence-corrected chi connectivity index (χ3v) is 5.85. The molecule has 0 radical (unpaired) electrons. The van der Waals surface area contributed by atoms with Crippen LogP contribution < -0.4 is 5.32 Å². The van der Waals surface area contributed by atoms with E-state index in [9.17, 15) is 8.42 Å². The van der Waals surface area contributed by atoms with Crippen LogP contribution in [0.5, 0.6) is 0 Å². The van der Waals surface area contributed by atoms with E-state index in [0.29, 0.717) is 17.5 Å². The lowest BCUT2D eigenvalue weighted by Crippen LogP contribution is -2.45. The fourth-order valence-corrected chi connectivity index (χ4v) is 4.97. The van der Waals surface area contributed by atoms with Crippen LogP contribution in [0.3, 0.4) is 0 Å². The minimum Gasteiger partial charge on any atom is -0.309 e. The van der Waals surface area contributed by atoms with Gasteiger partial charge in [0, 0.05) is 17.8 Å². The molecule has 5 heteroatoms. The Labute approximate surface area is 89.9 Å². The van der Waals surface area contributed by atoms with Gasteiger partial charge >= 0.3 is 0 Å². The van der Waals surface area contributed by atoms with Crippen LogP contribution in [0.2, 0.25) is 0 Å². The first-order valence-corrected chi connectivity index (χ1v) is 8.17. The molecule has 0 bridgehead atoms. The Morgan fingerprint density at radius 3 is 2.71 bits per heavy atom. The van der Waals surface area contributed by atoms with Gasteiger partial charge < -0.3 is 5.32 Å². The molecule has 2 aliphatic heterocycles. The van der Waals surface area contributed by atoms with E-state index in [4.69, 9.17) is 0 Å². The first-order chi connectivity index (χ1) is 6.66. The quantitative estimate of drug-likeness (QED) is 0.764. The molecule has 3 nitrogen and oxygen atoms in total. The molecule has 1 N–H and O–H groups in total. The molecule has 82 valence electrons. The minimum absolute atomic E-state index is 0.220. The number of sulfone groups is 1. The Balaban J connectivity index is 1.85. The lowest BCUT2D eigenvalue weighted by atomic mass is 10.1. The van der Waals surface area contributed by atoms with Crippen molar-refractivity contribution in [2.24, 2.45) is 0 Å². The van der Waals surface area contributed by atoms with Gasteiger partial charge in [-0.15, -0.1) is 0 Å². The lowest BCUT2D eigenvalue weighted by molar-refractivity contribution is 0.434. The molecular weight excluding hydrogens is 218 g/mol. The van der Waals surface area contributed by atoms with E-state index in [1.807, 2.05) is 11.8 Å². The molecule has 0 amide bonds. The number of hydrogen-bond donors (Lipinski definition) is 1. The van der Waals surface area contributed by atoms with Crippen molar-refractivity contribution in [3.8, 4) is 0 Å². The van der Waals surface area contributed by atoms with Crippen LogP contribution in [0.1, 0.15) is 19.3 Å². The van der Waals surface area contributed by atoms with Gasteiger partial charge in [0.15, 0.2) is 9.84 Å². The summed E-state index contributed by atoms with van der Waals surface area (Å²) in [4.78, 5) is 0. The van der Waals surface area contributed by atoms with Crippen molar-refractivity contribution >= 4 is 21.6 Å². The smallest absolute Gasteiger partial charge is 0.151 e. The highest BCUT2D eigenvalue weighted by molar-refractivity contribution is 7.99. The van der Waals surface area contributed by atoms with Crippen molar-refractivity contribution in [1.82, 2.24) is 5.32 Å². The van der Waals surface area contributed by atoms with E-state index in [0.717, 1.165) is 18.6 Å². The fraction of sp³-hybridized carbons (Fsp3) is 1.00. The normalized spacial score (nSPS) is 37.1. The maximum atomic E-state index is 11.4. The zero-order valence-electron chi connectivity index (χ0n) is 8.24. The van der Waals surface area contributed by atoms with Gasteiger partial charge in [0.05, 0.1) is 11.5 Å². The molecule has 2 heterocycles.